The van der Waals surface area contributed by atoms with Crippen LogP contribution in [-0.4, -0.2) is 15.1 Å². The zero-order valence-corrected chi connectivity index (χ0v) is 28.5. The van der Waals surface area contributed by atoms with Crippen molar-refractivity contribution in [2.45, 2.75) is 43.1 Å². The summed E-state index contributed by atoms with van der Waals surface area (Å²) in [5.74, 6) is 1.43. The molecule has 4 rings (SSSR count). The van der Waals surface area contributed by atoms with Gasteiger partial charge in [0.2, 0.25) is 0 Å². The minimum Gasteiger partial charge on any atom is -0.288 e. The van der Waals surface area contributed by atoms with E-state index in [1.54, 1.807) is 31.7 Å². The fourth-order valence-electron chi connectivity index (χ4n) is 2.77. The molecule has 0 fully saturated rings. The van der Waals surface area contributed by atoms with Crippen molar-refractivity contribution in [2.75, 3.05) is 0 Å². The molecule has 232 valence electrons. The van der Waals surface area contributed by atoms with Gasteiger partial charge >= 0.3 is 12.4 Å². The summed E-state index contributed by atoms with van der Waals surface area (Å²) in [5, 5.41) is 0.154. The highest BCUT2D eigenvalue weighted by atomic mass is 127. The second-order valence-corrected chi connectivity index (χ2v) is 13.1. The molecule has 43 heavy (non-hydrogen) atoms. The van der Waals surface area contributed by atoms with Gasteiger partial charge in [0.05, 0.1) is 11.1 Å². The summed E-state index contributed by atoms with van der Waals surface area (Å²) in [6, 6.07) is 14.8. The van der Waals surface area contributed by atoms with Gasteiger partial charge in [0.15, 0.2) is 5.12 Å². The highest BCUT2D eigenvalue weighted by Crippen LogP contribution is 2.36. The van der Waals surface area contributed by atoms with Gasteiger partial charge in [0.25, 0.3) is 0 Å². The maximum atomic E-state index is 12.5. The summed E-state index contributed by atoms with van der Waals surface area (Å²) in [7, 11) is 0. The molecule has 0 spiro atoms. The molecule has 0 atom stereocenters. The molecule has 0 saturated heterocycles. The minimum absolute atomic E-state index is 0. The fraction of sp³-hybridized carbons (Fsp3) is 0.207. The van der Waals surface area contributed by atoms with E-state index in [1.165, 1.54) is 35.7 Å². The lowest BCUT2D eigenvalue weighted by atomic mass is 10.2. The van der Waals surface area contributed by atoms with Crippen LogP contribution < -0.4 is 0 Å². The Morgan fingerprint density at radius 1 is 0.744 bits per heavy atom. The van der Waals surface area contributed by atoms with Gasteiger partial charge in [-0.25, -0.2) is 0 Å². The first kappa shape index (κ1) is 39.4. The van der Waals surface area contributed by atoms with E-state index >= 15 is 0 Å². The number of rotatable bonds is 5. The van der Waals surface area contributed by atoms with Crippen LogP contribution in [0.1, 0.15) is 36.6 Å². The molecule has 2 heterocycles. The molecule has 0 radical (unpaired) electrons. The van der Waals surface area contributed by atoms with E-state index in [0.29, 0.717) is 14.7 Å². The smallest absolute Gasteiger partial charge is 0.288 e. The molecule has 0 aliphatic heterocycles. The van der Waals surface area contributed by atoms with Gasteiger partial charge < -0.3 is 0 Å². The van der Waals surface area contributed by atoms with Gasteiger partial charge in [0.1, 0.15) is 0 Å². The van der Waals surface area contributed by atoms with Crippen molar-refractivity contribution in [3.63, 3.8) is 0 Å². The van der Waals surface area contributed by atoms with Crippen LogP contribution in [0.15, 0.2) is 99.3 Å². The number of aromatic nitrogens is 2. The summed E-state index contributed by atoms with van der Waals surface area (Å²) < 4.78 is 75.5. The molecule has 14 heteroatoms. The average molecular weight is 882 g/mol. The lowest BCUT2D eigenvalue weighted by molar-refractivity contribution is -0.138. The Morgan fingerprint density at radius 3 is 1.60 bits per heavy atom. The summed E-state index contributed by atoms with van der Waals surface area (Å²) in [6.07, 6.45) is -1.72. The van der Waals surface area contributed by atoms with Gasteiger partial charge in [-0.15, -0.1) is 11.8 Å². The monoisotopic (exact) mass is 880 g/mol. The predicted octanol–water partition coefficient (Wildman–Crippen LogP) is 11.7. The van der Waals surface area contributed by atoms with E-state index in [1.807, 2.05) is 46.9 Å². The largest absolute Gasteiger partial charge is 0.416 e. The normalized spacial score (nSPS) is 10.8. The van der Waals surface area contributed by atoms with Gasteiger partial charge in [-0.05, 0) is 126 Å². The SMILES string of the molecule is C.CC(=O)SCc1ccncc1.FC(F)(F)c1ccc(I)c(Br)c1.FC(F)(F)c1ccc(SCc2ccncc2)c(Br)c1. The van der Waals surface area contributed by atoms with Crippen LogP contribution in [-0.2, 0) is 28.7 Å². The van der Waals surface area contributed by atoms with E-state index in [-0.39, 0.29) is 12.5 Å². The lowest BCUT2D eigenvalue weighted by Crippen LogP contribution is -2.04. The predicted molar refractivity (Wildman–Crippen MR) is 178 cm³/mol. The first-order valence-corrected chi connectivity index (χ1v) is 16.2. The molecule has 0 unspecified atom stereocenters. The van der Waals surface area contributed by atoms with Crippen molar-refractivity contribution in [1.29, 1.82) is 0 Å². The Hall–Kier alpha value is -1.62. The van der Waals surface area contributed by atoms with Gasteiger partial charge in [-0.1, -0.05) is 19.2 Å². The number of thioether (sulfide) groups is 2. The molecule has 0 N–H and O–H groups in total. The van der Waals surface area contributed by atoms with Crippen molar-refractivity contribution < 1.29 is 31.1 Å². The van der Waals surface area contributed by atoms with Crippen molar-refractivity contribution in [3.05, 3.63) is 120 Å². The molecule has 0 amide bonds. The van der Waals surface area contributed by atoms with Crippen molar-refractivity contribution >= 4 is 83.1 Å². The molecular weight excluding hydrogens is 857 g/mol. The van der Waals surface area contributed by atoms with Crippen LogP contribution in [0.5, 0.6) is 0 Å². The minimum atomic E-state index is -4.31. The number of hydrogen-bond donors (Lipinski definition) is 0. The number of alkyl halides is 6. The maximum absolute atomic E-state index is 12.5. The Labute approximate surface area is 285 Å². The number of nitrogens with zero attached hydrogens (tertiary/aromatic N) is 2. The third-order valence-electron chi connectivity index (χ3n) is 4.84. The summed E-state index contributed by atoms with van der Waals surface area (Å²) >= 11 is 11.0. The Morgan fingerprint density at radius 2 is 1.19 bits per heavy atom. The standard InChI is InChI=1S/C13H9BrF3NS.C8H9NOS.C7H3BrF3I.CH4/c14-11-7-10(13(15,16)17)1-2-12(11)19-8-9-3-5-18-6-4-9;1-7(10)11-6-8-2-4-9-5-3-8;8-5-3-4(7(9,10)11)1-2-6(5)12;/h1-7H,8H2;2-5H,6H2,1H3;1-3H;1H4. The maximum Gasteiger partial charge on any atom is 0.416 e. The molecular formula is C29H25Br2F6IN2OS2. The molecule has 0 bridgehead atoms. The van der Waals surface area contributed by atoms with E-state index in [0.717, 1.165) is 49.6 Å². The highest BCUT2D eigenvalue weighted by Gasteiger charge is 2.31. The summed E-state index contributed by atoms with van der Waals surface area (Å²) in [4.78, 5) is 19.1. The molecule has 3 nitrogen and oxygen atoms in total. The van der Waals surface area contributed by atoms with Gasteiger partial charge in [-0.2, -0.15) is 26.3 Å². The number of halogens is 9. The molecule has 0 aliphatic rings. The van der Waals surface area contributed by atoms with E-state index in [4.69, 9.17) is 0 Å². The molecule has 4 aromatic rings. The Balaban J connectivity index is 0.000000336. The van der Waals surface area contributed by atoms with Crippen LogP contribution in [0.25, 0.3) is 0 Å². The van der Waals surface area contributed by atoms with Crippen molar-refractivity contribution in [3.8, 4) is 0 Å². The number of carbonyl (C=O) groups is 1. The number of benzene rings is 2. The molecule has 0 saturated carbocycles. The van der Waals surface area contributed by atoms with Gasteiger partial charge in [-0.3, -0.25) is 14.8 Å². The lowest BCUT2D eigenvalue weighted by Gasteiger charge is -2.09. The number of hydrogen-bond acceptors (Lipinski definition) is 5. The van der Waals surface area contributed by atoms with Crippen LogP contribution in [0.3, 0.4) is 0 Å². The van der Waals surface area contributed by atoms with Crippen molar-refractivity contribution in [1.82, 2.24) is 9.97 Å². The molecule has 2 aromatic heterocycles. The first-order valence-electron chi connectivity index (χ1n) is 11.6. The third-order valence-corrected chi connectivity index (χ3v) is 10.1. The zero-order valence-electron chi connectivity index (χ0n) is 21.5. The quantitative estimate of drug-likeness (QED) is 0.113. The zero-order chi connectivity index (χ0) is 31.3. The van der Waals surface area contributed by atoms with Crippen LogP contribution >= 0.6 is 78.0 Å². The third kappa shape index (κ3) is 15.3. The molecule has 0 aliphatic carbocycles. The number of carbonyl (C=O) groups excluding carboxylic acids is 1. The first-order chi connectivity index (χ1) is 19.7. The van der Waals surface area contributed by atoms with Crippen LogP contribution in [0.2, 0.25) is 0 Å². The van der Waals surface area contributed by atoms with Crippen LogP contribution in [0.4, 0.5) is 26.3 Å². The Bertz CT molecular complexity index is 1430. The molecule has 2 aromatic carbocycles. The second-order valence-electron chi connectivity index (χ2n) is 8.05. The number of pyridine rings is 2. The fourth-order valence-corrected chi connectivity index (χ4v) is 5.65. The highest BCUT2D eigenvalue weighted by molar-refractivity contribution is 14.1. The van der Waals surface area contributed by atoms with E-state index in [9.17, 15) is 31.1 Å². The second kappa shape index (κ2) is 19.0. The summed E-state index contributed by atoms with van der Waals surface area (Å²) in [5.41, 5.74) is 0.939. The van der Waals surface area contributed by atoms with Crippen LogP contribution in [0, 0.1) is 3.57 Å². The van der Waals surface area contributed by atoms with Crippen molar-refractivity contribution in [2.24, 2.45) is 0 Å². The average Bonchev–Trinajstić information content (AvgIpc) is 2.93. The summed E-state index contributed by atoms with van der Waals surface area (Å²) in [6.45, 7) is 1.58. The van der Waals surface area contributed by atoms with Gasteiger partial charge in [0, 0.05) is 60.6 Å². The Kier molecular flexibility index (Phi) is 17.4. The van der Waals surface area contributed by atoms with E-state index in [2.05, 4.69) is 41.8 Å². The topological polar surface area (TPSA) is 42.9 Å². The van der Waals surface area contributed by atoms with E-state index < -0.39 is 23.5 Å².